The van der Waals surface area contributed by atoms with Gasteiger partial charge in [0.05, 0.1) is 5.69 Å². The molecule has 0 unspecified atom stereocenters. The molecule has 2 aromatic heterocycles. The van der Waals surface area contributed by atoms with Crippen LogP contribution >= 0.6 is 0 Å². The summed E-state index contributed by atoms with van der Waals surface area (Å²) in [5.41, 5.74) is 6.56. The van der Waals surface area contributed by atoms with Gasteiger partial charge in [0, 0.05) is 12.4 Å². The Morgan fingerprint density at radius 2 is 2.13 bits per heavy atom. The van der Waals surface area contributed by atoms with Crippen molar-refractivity contribution in [2.24, 2.45) is 0 Å². The Hall–Kier alpha value is -2.10. The van der Waals surface area contributed by atoms with Gasteiger partial charge in [0.15, 0.2) is 0 Å². The summed E-state index contributed by atoms with van der Waals surface area (Å²) < 4.78 is 1.43. The van der Waals surface area contributed by atoms with E-state index in [-0.39, 0.29) is 11.2 Å². The Balaban J connectivity index is 2.59. The lowest BCUT2D eigenvalue weighted by atomic mass is 10.3. The van der Waals surface area contributed by atoms with Crippen molar-refractivity contribution < 1.29 is 0 Å². The molecule has 4 nitrogen and oxygen atoms in total. The largest absolute Gasteiger partial charge is 0.394 e. The Bertz CT molecular complexity index is 528. The Labute approximate surface area is 87.0 Å². The molecule has 0 radical (unpaired) electrons. The Morgan fingerprint density at radius 1 is 1.33 bits per heavy atom. The van der Waals surface area contributed by atoms with Gasteiger partial charge in [-0.2, -0.15) is 0 Å². The van der Waals surface area contributed by atoms with Gasteiger partial charge in [0.2, 0.25) is 0 Å². The van der Waals surface area contributed by atoms with Gasteiger partial charge < -0.3 is 5.73 Å². The summed E-state index contributed by atoms with van der Waals surface area (Å²) in [6.45, 7) is 1.94. The predicted octanol–water partition coefficient (Wildman–Crippen LogP) is 1.12. The molecular formula is C11H11N3O. The molecule has 0 saturated carbocycles. The van der Waals surface area contributed by atoms with Crippen molar-refractivity contribution in [2.75, 3.05) is 5.73 Å². The topological polar surface area (TPSA) is 60.9 Å². The fraction of sp³-hybridized carbons (Fsp3) is 0.0909. The molecule has 0 aliphatic rings. The molecule has 0 bridgehead atoms. The van der Waals surface area contributed by atoms with E-state index in [0.29, 0.717) is 5.82 Å². The second-order valence-electron chi connectivity index (χ2n) is 3.33. The summed E-state index contributed by atoms with van der Waals surface area (Å²) in [6, 6.07) is 6.99. The number of nitrogens with two attached hydrogens (primary N) is 1. The van der Waals surface area contributed by atoms with E-state index in [1.165, 1.54) is 4.57 Å². The monoisotopic (exact) mass is 201 g/mol. The minimum Gasteiger partial charge on any atom is -0.394 e. The molecule has 2 rings (SSSR count). The van der Waals surface area contributed by atoms with E-state index in [1.807, 2.05) is 13.0 Å². The molecular weight excluding hydrogens is 190 g/mol. The fourth-order valence-electron chi connectivity index (χ4n) is 1.29. The maximum absolute atomic E-state index is 11.7. The number of nitrogens with zero attached hydrogens (tertiary/aromatic N) is 2. The molecule has 2 aromatic rings. The maximum atomic E-state index is 11.7. The first-order chi connectivity index (χ1) is 7.18. The summed E-state index contributed by atoms with van der Waals surface area (Å²) >= 11 is 0. The zero-order chi connectivity index (χ0) is 10.8. The van der Waals surface area contributed by atoms with E-state index in [2.05, 4.69) is 4.98 Å². The van der Waals surface area contributed by atoms with Crippen LogP contribution in [-0.4, -0.2) is 9.55 Å². The molecule has 2 heterocycles. The number of anilines is 1. The number of aryl methyl sites for hydroxylation is 1. The van der Waals surface area contributed by atoms with Crippen molar-refractivity contribution in [2.45, 2.75) is 6.92 Å². The molecule has 0 saturated heterocycles. The lowest BCUT2D eigenvalue weighted by Crippen LogP contribution is -2.21. The highest BCUT2D eigenvalue weighted by Gasteiger charge is 2.01. The van der Waals surface area contributed by atoms with Crippen LogP contribution in [0.25, 0.3) is 5.82 Å². The molecule has 0 atom stereocenters. The molecule has 2 N–H and O–H groups in total. The first-order valence-electron chi connectivity index (χ1n) is 4.58. The quantitative estimate of drug-likeness (QED) is 0.752. The normalized spacial score (nSPS) is 10.2. The third kappa shape index (κ3) is 1.74. The second-order valence-corrected chi connectivity index (χ2v) is 3.33. The van der Waals surface area contributed by atoms with Crippen LogP contribution < -0.4 is 11.3 Å². The third-order valence-corrected chi connectivity index (χ3v) is 2.12. The first kappa shape index (κ1) is 9.45. The lowest BCUT2D eigenvalue weighted by molar-refractivity contribution is 0.941. The highest BCUT2D eigenvalue weighted by molar-refractivity contribution is 5.37. The van der Waals surface area contributed by atoms with Crippen molar-refractivity contribution in [1.82, 2.24) is 9.55 Å². The summed E-state index contributed by atoms with van der Waals surface area (Å²) in [4.78, 5) is 15.8. The van der Waals surface area contributed by atoms with Crippen molar-refractivity contribution in [3.63, 3.8) is 0 Å². The summed E-state index contributed by atoms with van der Waals surface area (Å²) in [6.07, 6.45) is 3.36. The number of hydrogen-bond acceptors (Lipinski definition) is 3. The Morgan fingerprint density at radius 3 is 2.80 bits per heavy atom. The van der Waals surface area contributed by atoms with Crippen molar-refractivity contribution >= 4 is 5.69 Å². The average molecular weight is 201 g/mol. The Kier molecular flexibility index (Phi) is 2.25. The zero-order valence-corrected chi connectivity index (χ0v) is 8.34. The van der Waals surface area contributed by atoms with E-state index in [1.54, 1.807) is 30.6 Å². The molecule has 76 valence electrons. The van der Waals surface area contributed by atoms with Gasteiger partial charge in [0.1, 0.15) is 5.82 Å². The highest BCUT2D eigenvalue weighted by atomic mass is 16.1. The van der Waals surface area contributed by atoms with E-state index < -0.39 is 0 Å². The maximum Gasteiger partial charge on any atom is 0.279 e. The first-order valence-corrected chi connectivity index (χ1v) is 4.58. The molecule has 0 aromatic carbocycles. The average Bonchev–Trinajstić information content (AvgIpc) is 2.24. The van der Waals surface area contributed by atoms with Crippen LogP contribution in [0.2, 0.25) is 0 Å². The van der Waals surface area contributed by atoms with E-state index in [9.17, 15) is 4.79 Å². The number of hydrogen-bond donors (Lipinski definition) is 1. The van der Waals surface area contributed by atoms with Gasteiger partial charge in [-0.25, -0.2) is 4.98 Å². The summed E-state index contributed by atoms with van der Waals surface area (Å²) in [5.74, 6) is 0.581. The number of aromatic nitrogens is 2. The molecule has 15 heavy (non-hydrogen) atoms. The van der Waals surface area contributed by atoms with Gasteiger partial charge in [-0.15, -0.1) is 0 Å². The minimum atomic E-state index is -0.242. The van der Waals surface area contributed by atoms with Crippen LogP contribution in [0.1, 0.15) is 5.56 Å². The third-order valence-electron chi connectivity index (χ3n) is 2.12. The second kappa shape index (κ2) is 3.57. The van der Waals surface area contributed by atoms with Crippen molar-refractivity contribution in [1.29, 1.82) is 0 Å². The van der Waals surface area contributed by atoms with Crippen LogP contribution in [0.4, 0.5) is 5.69 Å². The number of nitrogen functional groups attached to an aromatic ring is 1. The number of rotatable bonds is 1. The van der Waals surface area contributed by atoms with Gasteiger partial charge in [-0.1, -0.05) is 6.07 Å². The van der Waals surface area contributed by atoms with Gasteiger partial charge in [0.25, 0.3) is 5.56 Å². The lowest BCUT2D eigenvalue weighted by Gasteiger charge is -2.04. The number of pyridine rings is 2. The van der Waals surface area contributed by atoms with Crippen molar-refractivity contribution in [3.8, 4) is 5.82 Å². The van der Waals surface area contributed by atoms with Gasteiger partial charge >= 0.3 is 0 Å². The van der Waals surface area contributed by atoms with Crippen molar-refractivity contribution in [3.05, 3.63) is 52.6 Å². The van der Waals surface area contributed by atoms with Gasteiger partial charge in [-0.05, 0) is 30.7 Å². The van der Waals surface area contributed by atoms with Gasteiger partial charge in [-0.3, -0.25) is 9.36 Å². The molecule has 0 aliphatic carbocycles. The molecule has 4 heteroatoms. The van der Waals surface area contributed by atoms with E-state index in [0.717, 1.165) is 5.56 Å². The van der Waals surface area contributed by atoms with Crippen LogP contribution in [0, 0.1) is 6.92 Å². The van der Waals surface area contributed by atoms with E-state index in [4.69, 9.17) is 5.73 Å². The standard InChI is InChI=1S/C11H11N3O/c1-8-4-5-10(13-7-8)14-6-2-3-9(12)11(14)15/h2-7H,12H2,1H3. The highest BCUT2D eigenvalue weighted by Crippen LogP contribution is 2.03. The molecule has 0 fully saturated rings. The van der Waals surface area contributed by atoms with E-state index >= 15 is 0 Å². The van der Waals surface area contributed by atoms with Crippen LogP contribution in [0.5, 0.6) is 0 Å². The summed E-state index contributed by atoms with van der Waals surface area (Å²) in [5, 5.41) is 0. The molecule has 0 aliphatic heterocycles. The smallest absolute Gasteiger partial charge is 0.279 e. The van der Waals surface area contributed by atoms with Crippen LogP contribution in [0.15, 0.2) is 41.5 Å². The SMILES string of the molecule is Cc1ccc(-n2cccc(N)c2=O)nc1. The molecule has 0 amide bonds. The van der Waals surface area contributed by atoms with Crippen LogP contribution in [-0.2, 0) is 0 Å². The zero-order valence-electron chi connectivity index (χ0n) is 8.34. The predicted molar refractivity (Wildman–Crippen MR) is 59.0 cm³/mol. The molecule has 0 spiro atoms. The van der Waals surface area contributed by atoms with Crippen LogP contribution in [0.3, 0.4) is 0 Å². The fourth-order valence-corrected chi connectivity index (χ4v) is 1.29. The minimum absolute atomic E-state index is 0.222. The summed E-state index contributed by atoms with van der Waals surface area (Å²) in [7, 11) is 0.